The van der Waals surface area contributed by atoms with Crippen LogP contribution in [0.4, 0.5) is 0 Å². The fraction of sp³-hybridized carbons (Fsp3) is 0.636. The van der Waals surface area contributed by atoms with E-state index in [4.69, 9.17) is 0 Å². The van der Waals surface area contributed by atoms with Gasteiger partial charge >= 0.3 is 11.9 Å². The molecule has 2 unspecified atom stereocenters. The predicted molar refractivity (Wildman–Crippen MR) is 105 cm³/mol. The van der Waals surface area contributed by atoms with Gasteiger partial charge in [-0.25, -0.2) is 0 Å². The minimum Gasteiger partial charge on any atom is -0.481 e. The molecular weight excluding hydrogens is 328 g/mol. The number of rotatable bonds is 12. The first-order valence-corrected chi connectivity index (χ1v) is 9.84. The molecule has 0 heterocycles. The smallest absolute Gasteiger partial charge is 0.306 e. The summed E-state index contributed by atoms with van der Waals surface area (Å²) < 4.78 is 0. The third-order valence-corrected chi connectivity index (χ3v) is 5.24. The van der Waals surface area contributed by atoms with Gasteiger partial charge in [-0.2, -0.15) is 0 Å². The minimum atomic E-state index is -0.731. The minimum absolute atomic E-state index is 0.352. The monoisotopic (exact) mass is 362 g/mol. The van der Waals surface area contributed by atoms with Gasteiger partial charge in [-0.3, -0.25) is 9.59 Å². The molecule has 2 N–H and O–H groups in total. The lowest BCUT2D eigenvalue weighted by molar-refractivity contribution is -0.143. The molecular formula is C22H34O4. The van der Waals surface area contributed by atoms with Crippen molar-refractivity contribution in [2.24, 2.45) is 11.8 Å². The van der Waals surface area contributed by atoms with Crippen LogP contribution in [0.5, 0.6) is 0 Å². The second-order valence-electron chi connectivity index (χ2n) is 7.47. The molecule has 0 aliphatic carbocycles. The Hall–Kier alpha value is -1.84. The SMILES string of the molecule is CCCCC(Cc1cc(C)c(CC(CCCC)C(=O)O)cc1C)C(=O)O. The summed E-state index contributed by atoms with van der Waals surface area (Å²) in [6, 6.07) is 4.12. The number of hydrogen-bond acceptors (Lipinski definition) is 2. The number of aryl methyl sites for hydroxylation is 2. The molecule has 4 heteroatoms. The summed E-state index contributed by atoms with van der Waals surface area (Å²) in [5.41, 5.74) is 4.26. The summed E-state index contributed by atoms with van der Waals surface area (Å²) in [5.74, 6) is -2.17. The lowest BCUT2D eigenvalue weighted by Gasteiger charge is -2.18. The van der Waals surface area contributed by atoms with Gasteiger partial charge in [0.25, 0.3) is 0 Å². The van der Waals surface area contributed by atoms with Crippen molar-refractivity contribution in [3.05, 3.63) is 34.4 Å². The van der Waals surface area contributed by atoms with Crippen LogP contribution in [0, 0.1) is 25.7 Å². The number of unbranched alkanes of at least 4 members (excludes halogenated alkanes) is 2. The van der Waals surface area contributed by atoms with E-state index >= 15 is 0 Å². The number of carboxylic acids is 2. The Kier molecular flexibility index (Phi) is 9.39. The summed E-state index contributed by atoms with van der Waals surface area (Å²) in [4.78, 5) is 23.1. The van der Waals surface area contributed by atoms with Crippen molar-refractivity contribution < 1.29 is 19.8 Å². The molecule has 0 spiro atoms. The van der Waals surface area contributed by atoms with E-state index in [0.29, 0.717) is 25.7 Å². The Morgan fingerprint density at radius 2 is 1.15 bits per heavy atom. The maximum Gasteiger partial charge on any atom is 0.306 e. The Balaban J connectivity index is 2.95. The molecule has 1 aromatic rings. The van der Waals surface area contributed by atoms with Gasteiger partial charge in [0.2, 0.25) is 0 Å². The first-order valence-electron chi connectivity index (χ1n) is 9.84. The van der Waals surface area contributed by atoms with Crippen LogP contribution < -0.4 is 0 Å². The molecule has 0 aliphatic rings. The van der Waals surface area contributed by atoms with Crippen LogP contribution in [0.15, 0.2) is 12.1 Å². The highest BCUT2D eigenvalue weighted by atomic mass is 16.4. The quantitative estimate of drug-likeness (QED) is 0.538. The number of hydrogen-bond donors (Lipinski definition) is 2. The fourth-order valence-corrected chi connectivity index (χ4v) is 3.43. The van der Waals surface area contributed by atoms with Crippen molar-refractivity contribution in [1.82, 2.24) is 0 Å². The van der Waals surface area contributed by atoms with Crippen LogP contribution in [-0.2, 0) is 22.4 Å². The molecule has 0 fully saturated rings. The van der Waals surface area contributed by atoms with Gasteiger partial charge in [0.15, 0.2) is 0 Å². The molecule has 0 amide bonds. The molecule has 146 valence electrons. The average Bonchev–Trinajstić information content (AvgIpc) is 2.58. The van der Waals surface area contributed by atoms with Gasteiger partial charge in [-0.05, 0) is 61.8 Å². The predicted octanol–water partition coefficient (Wildman–Crippen LogP) is 5.17. The topological polar surface area (TPSA) is 74.6 Å². The fourth-order valence-electron chi connectivity index (χ4n) is 3.43. The van der Waals surface area contributed by atoms with Crippen molar-refractivity contribution in [3.8, 4) is 0 Å². The van der Waals surface area contributed by atoms with Crippen LogP contribution >= 0.6 is 0 Å². The number of carbonyl (C=O) groups is 2. The van der Waals surface area contributed by atoms with E-state index in [1.165, 1.54) is 0 Å². The Bertz CT molecular complexity index is 553. The molecule has 0 saturated heterocycles. The Morgan fingerprint density at radius 1 is 0.808 bits per heavy atom. The molecule has 0 saturated carbocycles. The highest BCUT2D eigenvalue weighted by molar-refractivity contribution is 5.71. The van der Waals surface area contributed by atoms with Crippen molar-refractivity contribution in [2.75, 3.05) is 0 Å². The van der Waals surface area contributed by atoms with Gasteiger partial charge in [0.1, 0.15) is 0 Å². The highest BCUT2D eigenvalue weighted by Crippen LogP contribution is 2.25. The lowest BCUT2D eigenvalue weighted by Crippen LogP contribution is -2.18. The molecule has 0 bridgehead atoms. The van der Waals surface area contributed by atoms with Crippen molar-refractivity contribution in [3.63, 3.8) is 0 Å². The summed E-state index contributed by atoms with van der Waals surface area (Å²) in [5, 5.41) is 18.9. The van der Waals surface area contributed by atoms with E-state index in [1.807, 2.05) is 13.8 Å². The zero-order chi connectivity index (χ0) is 19.7. The zero-order valence-corrected chi connectivity index (χ0v) is 16.7. The Morgan fingerprint density at radius 3 is 1.42 bits per heavy atom. The standard InChI is InChI=1S/C22H34O4/c1-5-7-9-17(21(23)24)13-19-11-16(4)20(12-15(19)3)14-18(22(25)26)10-8-6-2/h11-12,17-18H,5-10,13-14H2,1-4H3,(H,23,24)(H,25,26). The van der Waals surface area contributed by atoms with Crippen molar-refractivity contribution in [2.45, 2.75) is 79.1 Å². The summed E-state index contributed by atoms with van der Waals surface area (Å²) in [6.45, 7) is 8.14. The molecule has 26 heavy (non-hydrogen) atoms. The second-order valence-corrected chi connectivity index (χ2v) is 7.47. The van der Waals surface area contributed by atoms with Crippen molar-refractivity contribution >= 4 is 11.9 Å². The third kappa shape index (κ3) is 6.81. The van der Waals surface area contributed by atoms with E-state index in [-0.39, 0.29) is 11.8 Å². The van der Waals surface area contributed by atoms with Crippen LogP contribution in [-0.4, -0.2) is 22.2 Å². The van der Waals surface area contributed by atoms with Gasteiger partial charge in [-0.15, -0.1) is 0 Å². The number of aliphatic carboxylic acids is 2. The molecule has 1 rings (SSSR count). The molecule has 1 aromatic carbocycles. The highest BCUT2D eigenvalue weighted by Gasteiger charge is 2.21. The first-order chi connectivity index (χ1) is 12.3. The van der Waals surface area contributed by atoms with Gasteiger partial charge < -0.3 is 10.2 Å². The zero-order valence-electron chi connectivity index (χ0n) is 16.7. The van der Waals surface area contributed by atoms with Crippen LogP contribution in [0.25, 0.3) is 0 Å². The normalized spacial score (nSPS) is 13.4. The van der Waals surface area contributed by atoms with Gasteiger partial charge in [0.05, 0.1) is 11.8 Å². The third-order valence-electron chi connectivity index (χ3n) is 5.24. The van der Waals surface area contributed by atoms with E-state index in [1.54, 1.807) is 0 Å². The molecule has 0 aliphatic heterocycles. The number of benzene rings is 1. The van der Waals surface area contributed by atoms with E-state index < -0.39 is 11.9 Å². The first kappa shape index (κ1) is 22.2. The molecule has 4 nitrogen and oxygen atoms in total. The molecule has 2 atom stereocenters. The van der Waals surface area contributed by atoms with Gasteiger partial charge in [0, 0.05) is 0 Å². The van der Waals surface area contributed by atoms with E-state index in [9.17, 15) is 19.8 Å². The van der Waals surface area contributed by atoms with E-state index in [2.05, 4.69) is 26.0 Å². The number of carboxylic acid groups (broad SMARTS) is 2. The maximum absolute atomic E-state index is 11.5. The van der Waals surface area contributed by atoms with Crippen LogP contribution in [0.1, 0.15) is 74.6 Å². The summed E-state index contributed by atoms with van der Waals surface area (Å²) in [6.07, 6.45) is 6.31. The average molecular weight is 363 g/mol. The molecule has 0 radical (unpaired) electrons. The summed E-state index contributed by atoms with van der Waals surface area (Å²) in [7, 11) is 0. The maximum atomic E-state index is 11.5. The lowest BCUT2D eigenvalue weighted by atomic mass is 9.87. The van der Waals surface area contributed by atoms with Crippen molar-refractivity contribution in [1.29, 1.82) is 0 Å². The molecule has 0 aromatic heterocycles. The summed E-state index contributed by atoms with van der Waals surface area (Å²) >= 11 is 0. The van der Waals surface area contributed by atoms with Gasteiger partial charge in [-0.1, -0.05) is 51.7 Å². The van der Waals surface area contributed by atoms with Crippen LogP contribution in [0.2, 0.25) is 0 Å². The Labute approximate surface area is 157 Å². The van der Waals surface area contributed by atoms with E-state index in [0.717, 1.165) is 47.9 Å². The largest absolute Gasteiger partial charge is 0.481 e. The van der Waals surface area contributed by atoms with Crippen LogP contribution in [0.3, 0.4) is 0 Å². The second kappa shape index (κ2) is 11.0.